The highest BCUT2D eigenvalue weighted by atomic mass is 16.5. The van der Waals surface area contributed by atoms with Crippen molar-refractivity contribution in [1.29, 1.82) is 0 Å². The van der Waals surface area contributed by atoms with Crippen LogP contribution in [0.15, 0.2) is 18.2 Å². The Kier molecular flexibility index (Phi) is 3.70. The third-order valence-corrected chi connectivity index (χ3v) is 2.96. The quantitative estimate of drug-likeness (QED) is 0.830. The van der Waals surface area contributed by atoms with Crippen LogP contribution in [-0.2, 0) is 0 Å². The van der Waals surface area contributed by atoms with E-state index in [1.54, 1.807) is 0 Å². The van der Waals surface area contributed by atoms with Gasteiger partial charge in [0, 0.05) is 13.8 Å². The summed E-state index contributed by atoms with van der Waals surface area (Å²) in [5.74, 6) is 1.81. The number of rotatable bonds is 4. The van der Waals surface area contributed by atoms with Crippen LogP contribution < -0.4 is 14.5 Å². The Morgan fingerprint density at radius 3 is 1.72 bits per heavy atom. The van der Waals surface area contributed by atoms with Gasteiger partial charge in [-0.15, -0.1) is 0 Å². The van der Waals surface area contributed by atoms with Crippen molar-refractivity contribution in [2.24, 2.45) is 0 Å². The van der Waals surface area contributed by atoms with Crippen molar-refractivity contribution in [3.63, 3.8) is 0 Å². The van der Waals surface area contributed by atoms with Crippen LogP contribution in [-0.4, -0.2) is 13.2 Å². The molecule has 0 saturated heterocycles. The molecule has 0 bridgehead atoms. The van der Waals surface area contributed by atoms with E-state index in [0.29, 0.717) is 13.2 Å². The highest BCUT2D eigenvalue weighted by molar-refractivity contribution is 5.79. The molecule has 0 unspecified atom stereocenters. The first-order valence-corrected chi connectivity index (χ1v) is 6.39. The fraction of sp³-hybridized carbons (Fsp3) is 0.400. The number of aromatic amines is 1. The summed E-state index contributed by atoms with van der Waals surface area (Å²) in [6.07, 6.45) is 0. The van der Waals surface area contributed by atoms with Crippen molar-refractivity contribution in [2.45, 2.75) is 27.7 Å². The number of hydrogen-bond acceptors (Lipinski definition) is 2. The molecule has 0 saturated carbocycles. The van der Waals surface area contributed by atoms with Gasteiger partial charge in [0.05, 0.1) is 13.2 Å². The van der Waals surface area contributed by atoms with Gasteiger partial charge in [0.25, 0.3) is 0 Å². The average Bonchev–Trinajstić information content (AvgIpc) is 2.52. The van der Waals surface area contributed by atoms with E-state index in [2.05, 4.69) is 18.8 Å². The van der Waals surface area contributed by atoms with E-state index in [1.165, 1.54) is 0 Å². The second-order valence-corrected chi connectivity index (χ2v) is 4.25. The van der Waals surface area contributed by atoms with Gasteiger partial charge in [-0.05, 0) is 26.0 Å². The molecule has 18 heavy (non-hydrogen) atoms. The zero-order chi connectivity index (χ0) is 13.1. The Morgan fingerprint density at radius 2 is 1.33 bits per heavy atom. The Bertz CT molecular complexity index is 479. The monoisotopic (exact) mass is 246 g/mol. The topological polar surface area (TPSA) is 32.6 Å². The molecule has 3 heteroatoms. The second-order valence-electron chi connectivity index (χ2n) is 4.25. The molecule has 1 aliphatic carbocycles. The van der Waals surface area contributed by atoms with Crippen molar-refractivity contribution in [2.75, 3.05) is 13.2 Å². The lowest BCUT2D eigenvalue weighted by molar-refractivity contribution is -0.390. The van der Waals surface area contributed by atoms with Gasteiger partial charge in [0.2, 0.25) is 0 Å². The van der Waals surface area contributed by atoms with Crippen LogP contribution in [0, 0.1) is 13.8 Å². The van der Waals surface area contributed by atoms with Gasteiger partial charge in [-0.3, -0.25) is 0 Å². The van der Waals surface area contributed by atoms with Crippen LogP contribution in [0.3, 0.4) is 0 Å². The van der Waals surface area contributed by atoms with Crippen molar-refractivity contribution in [3.8, 4) is 22.6 Å². The normalized spacial score (nSPS) is 10.7. The van der Waals surface area contributed by atoms with Gasteiger partial charge in [-0.1, -0.05) is 6.07 Å². The molecule has 0 aromatic heterocycles. The largest absolute Gasteiger partial charge is 0.493 e. The maximum Gasteiger partial charge on any atom is 0.188 e. The number of nitrogens with one attached hydrogen (secondary N) is 1. The zero-order valence-electron chi connectivity index (χ0n) is 11.5. The maximum atomic E-state index is 5.73. The van der Waals surface area contributed by atoms with Crippen LogP contribution in [0.5, 0.6) is 11.5 Å². The van der Waals surface area contributed by atoms with Gasteiger partial charge in [-0.2, -0.15) is 0 Å². The highest BCUT2D eigenvalue weighted by Crippen LogP contribution is 2.40. The number of aromatic nitrogens is 1. The van der Waals surface area contributed by atoms with Crippen molar-refractivity contribution >= 4 is 0 Å². The molecule has 0 atom stereocenters. The van der Waals surface area contributed by atoms with E-state index in [9.17, 15) is 0 Å². The maximum absolute atomic E-state index is 5.73. The second kappa shape index (κ2) is 5.25. The van der Waals surface area contributed by atoms with Gasteiger partial charge < -0.3 is 9.47 Å². The predicted octanol–water partition coefficient (Wildman–Crippen LogP) is 3.02. The summed E-state index contributed by atoms with van der Waals surface area (Å²) in [6, 6.07) is 5.97. The summed E-state index contributed by atoms with van der Waals surface area (Å²) in [4.78, 5) is 3.37. The Hall–Kier alpha value is -1.77. The zero-order valence-corrected chi connectivity index (χ0v) is 11.5. The summed E-state index contributed by atoms with van der Waals surface area (Å²) in [6.45, 7) is 9.44. The van der Waals surface area contributed by atoms with E-state index in [4.69, 9.17) is 9.47 Å². The Balaban J connectivity index is 2.67. The van der Waals surface area contributed by atoms with Crippen molar-refractivity contribution < 1.29 is 14.5 Å². The number of H-pyrrole nitrogens is 1. The SMILES string of the molecule is CCOc1cccc(OCC)c2c(C)[nH+]c(C)c1-2. The number of aryl methyl sites for hydroxylation is 2. The molecular formula is C15H20NO2+. The molecule has 0 spiro atoms. The first-order chi connectivity index (χ1) is 8.69. The van der Waals surface area contributed by atoms with E-state index >= 15 is 0 Å². The van der Waals surface area contributed by atoms with E-state index in [1.807, 2.05) is 32.0 Å². The van der Waals surface area contributed by atoms with Crippen LogP contribution in [0.4, 0.5) is 0 Å². The van der Waals surface area contributed by atoms with Gasteiger partial charge in [-0.25, -0.2) is 4.98 Å². The smallest absolute Gasteiger partial charge is 0.188 e. The molecule has 2 rings (SSSR count). The minimum absolute atomic E-state index is 0.659. The molecule has 3 nitrogen and oxygen atoms in total. The highest BCUT2D eigenvalue weighted by Gasteiger charge is 2.26. The van der Waals surface area contributed by atoms with Crippen molar-refractivity contribution in [1.82, 2.24) is 0 Å². The minimum Gasteiger partial charge on any atom is -0.493 e. The fourth-order valence-corrected chi connectivity index (χ4v) is 2.34. The molecule has 0 fully saturated rings. The van der Waals surface area contributed by atoms with Crippen LogP contribution in [0.2, 0.25) is 0 Å². The third kappa shape index (κ3) is 2.13. The average molecular weight is 246 g/mol. The molecular weight excluding hydrogens is 226 g/mol. The molecule has 1 heterocycles. The molecule has 96 valence electrons. The van der Waals surface area contributed by atoms with E-state index < -0.39 is 0 Å². The van der Waals surface area contributed by atoms with Crippen LogP contribution in [0.1, 0.15) is 25.2 Å². The summed E-state index contributed by atoms with van der Waals surface area (Å²) in [7, 11) is 0. The molecule has 2 aliphatic rings. The molecule has 1 aliphatic heterocycles. The number of fused-ring (bicyclic) bond motifs is 1. The third-order valence-electron chi connectivity index (χ3n) is 2.96. The first-order valence-electron chi connectivity index (χ1n) is 6.39. The summed E-state index contributed by atoms with van der Waals surface area (Å²) >= 11 is 0. The van der Waals surface area contributed by atoms with Gasteiger partial charge >= 0.3 is 0 Å². The summed E-state index contributed by atoms with van der Waals surface area (Å²) < 4.78 is 11.5. The first kappa shape index (κ1) is 12.7. The molecule has 0 radical (unpaired) electrons. The lowest BCUT2D eigenvalue weighted by atomic mass is 10.1. The predicted molar refractivity (Wildman–Crippen MR) is 71.4 cm³/mol. The molecule has 0 aromatic carbocycles. The molecule has 0 amide bonds. The fourth-order valence-electron chi connectivity index (χ4n) is 2.34. The number of hydrogen-bond donors (Lipinski definition) is 0. The van der Waals surface area contributed by atoms with Gasteiger partial charge in [0.1, 0.15) is 22.6 Å². The number of ether oxygens (including phenoxy) is 2. The molecule has 1 N–H and O–H groups in total. The summed E-state index contributed by atoms with van der Waals surface area (Å²) in [5, 5.41) is 0. The summed E-state index contributed by atoms with van der Waals surface area (Å²) in [5.41, 5.74) is 4.46. The Labute approximate surface area is 108 Å². The van der Waals surface area contributed by atoms with Crippen molar-refractivity contribution in [3.05, 3.63) is 29.6 Å². The van der Waals surface area contributed by atoms with Crippen LogP contribution >= 0.6 is 0 Å². The Morgan fingerprint density at radius 1 is 0.889 bits per heavy atom. The van der Waals surface area contributed by atoms with Crippen LogP contribution in [0.25, 0.3) is 11.1 Å². The van der Waals surface area contributed by atoms with E-state index in [-0.39, 0.29) is 0 Å². The van der Waals surface area contributed by atoms with E-state index in [0.717, 1.165) is 34.0 Å². The molecule has 0 aromatic rings. The van der Waals surface area contributed by atoms with Gasteiger partial charge in [0.15, 0.2) is 11.4 Å². The minimum atomic E-state index is 0.659. The lowest BCUT2D eigenvalue weighted by Gasteiger charge is -2.06. The lowest BCUT2D eigenvalue weighted by Crippen LogP contribution is -2.04. The standard InChI is InChI=1S/C15H19NO2/c1-5-17-12-8-7-9-13(18-6-2)15-11(4)16-10(3)14(12)15/h7-9H,5-6H2,1-4H3/p+1.